The summed E-state index contributed by atoms with van der Waals surface area (Å²) >= 11 is 35.6. The molecule has 2 aromatic carbocycles. The molecule has 0 spiro atoms. The summed E-state index contributed by atoms with van der Waals surface area (Å²) in [7, 11) is 0. The van der Waals surface area contributed by atoms with Gasteiger partial charge in [0.25, 0.3) is 0 Å². The van der Waals surface area contributed by atoms with Crippen molar-refractivity contribution in [1.29, 1.82) is 0 Å². The number of rotatable bonds is 10. The van der Waals surface area contributed by atoms with Crippen LogP contribution in [-0.4, -0.2) is 13.2 Å². The molecule has 3 nitrogen and oxygen atoms in total. The van der Waals surface area contributed by atoms with Crippen LogP contribution in [0.4, 0.5) is 0 Å². The van der Waals surface area contributed by atoms with E-state index >= 15 is 0 Å². The molecule has 0 unspecified atom stereocenters. The number of halogens is 6. The topological polar surface area (TPSA) is 27.7 Å². The van der Waals surface area contributed by atoms with E-state index in [1.165, 1.54) is 11.1 Å². The minimum absolute atomic E-state index is 0.298. The van der Waals surface area contributed by atoms with Crippen molar-refractivity contribution in [3.05, 3.63) is 79.1 Å². The van der Waals surface area contributed by atoms with Gasteiger partial charge in [-0.15, -0.1) is 0 Å². The minimum Gasteiger partial charge on any atom is -0.492 e. The highest BCUT2D eigenvalue weighted by molar-refractivity contribution is 6.36. The van der Waals surface area contributed by atoms with Crippen LogP contribution >= 0.6 is 69.6 Å². The molecule has 0 fully saturated rings. The number of hydrogen-bond acceptors (Lipinski definition) is 3. The predicted molar refractivity (Wildman–Crippen MR) is 122 cm³/mol. The molecule has 0 radical (unpaired) electrons. The Morgan fingerprint density at radius 1 is 0.690 bits per heavy atom. The molecule has 2 rings (SSSR count). The van der Waals surface area contributed by atoms with E-state index in [0.29, 0.717) is 69.2 Å². The molecule has 0 aliphatic heterocycles. The summed E-state index contributed by atoms with van der Waals surface area (Å²) in [4.78, 5) is 0. The van der Waals surface area contributed by atoms with E-state index in [4.69, 9.17) is 83.8 Å². The van der Waals surface area contributed by atoms with Gasteiger partial charge in [-0.05, 0) is 36.4 Å². The van der Waals surface area contributed by atoms with E-state index in [1.807, 2.05) is 0 Å². The number of hydrogen-bond donors (Lipinski definition) is 0. The van der Waals surface area contributed by atoms with Crippen molar-refractivity contribution in [3.63, 3.8) is 0 Å². The Labute approximate surface area is 199 Å². The van der Waals surface area contributed by atoms with Crippen molar-refractivity contribution in [2.24, 2.45) is 0 Å². The number of ether oxygens (including phenoxy) is 3. The molecule has 0 aromatic heterocycles. The van der Waals surface area contributed by atoms with Crippen molar-refractivity contribution >= 4 is 69.6 Å². The van der Waals surface area contributed by atoms with Gasteiger partial charge in [0.05, 0.1) is 23.3 Å². The third kappa shape index (κ3) is 8.37. The molecule has 0 heterocycles. The maximum absolute atomic E-state index is 6.07. The second kappa shape index (κ2) is 12.7. The van der Waals surface area contributed by atoms with E-state index in [2.05, 4.69) is 0 Å². The zero-order valence-electron chi connectivity index (χ0n) is 14.9. The van der Waals surface area contributed by atoms with Gasteiger partial charge < -0.3 is 14.2 Å². The predicted octanol–water partition coefficient (Wildman–Crippen LogP) is 8.72. The zero-order chi connectivity index (χ0) is 21.2. The first kappa shape index (κ1) is 24.3. The Hall–Kier alpha value is -0.940. The van der Waals surface area contributed by atoms with Crippen LogP contribution in [0, 0.1) is 0 Å². The third-order valence-electron chi connectivity index (χ3n) is 3.51. The Kier molecular flexibility index (Phi) is 10.6. The van der Waals surface area contributed by atoms with E-state index in [1.54, 1.807) is 36.4 Å². The first-order valence-electron chi connectivity index (χ1n) is 8.35. The average molecular weight is 517 g/mol. The van der Waals surface area contributed by atoms with Gasteiger partial charge in [-0.1, -0.05) is 69.6 Å². The molecular formula is C20H16Cl6O3. The molecule has 0 aliphatic carbocycles. The summed E-state index contributed by atoms with van der Waals surface area (Å²) in [5.41, 5.74) is 2.65. The fourth-order valence-electron chi connectivity index (χ4n) is 2.13. The van der Waals surface area contributed by atoms with Gasteiger partial charge in [-0.3, -0.25) is 0 Å². The summed E-state index contributed by atoms with van der Waals surface area (Å²) in [6.07, 6.45) is 0.807. The van der Waals surface area contributed by atoms with Crippen molar-refractivity contribution in [3.8, 4) is 11.5 Å². The molecular weight excluding hydrogens is 501 g/mol. The first-order valence-corrected chi connectivity index (χ1v) is 10.7. The molecule has 0 atom stereocenters. The molecule has 0 bridgehead atoms. The van der Waals surface area contributed by atoms with Crippen LogP contribution < -0.4 is 9.47 Å². The second-order valence-corrected chi connectivity index (χ2v) is 7.72. The summed E-state index contributed by atoms with van der Waals surface area (Å²) < 4.78 is 17.0. The van der Waals surface area contributed by atoms with Gasteiger partial charge in [0.2, 0.25) is 0 Å². The van der Waals surface area contributed by atoms with Crippen LogP contribution in [0.3, 0.4) is 0 Å². The lowest BCUT2D eigenvalue weighted by Crippen LogP contribution is -2.05. The molecule has 9 heteroatoms. The smallest absolute Gasteiger partial charge is 0.138 e. The van der Waals surface area contributed by atoms with Gasteiger partial charge >= 0.3 is 0 Å². The Bertz CT molecular complexity index is 811. The zero-order valence-corrected chi connectivity index (χ0v) is 19.5. The largest absolute Gasteiger partial charge is 0.492 e. The lowest BCUT2D eigenvalue weighted by atomic mass is 10.3. The Morgan fingerprint density at radius 2 is 1.10 bits per heavy atom. The fraction of sp³-hybridized carbons (Fsp3) is 0.200. The van der Waals surface area contributed by atoms with Crippen LogP contribution in [0.25, 0.3) is 0 Å². The van der Waals surface area contributed by atoms with E-state index < -0.39 is 0 Å². The molecule has 0 saturated carbocycles. The molecule has 156 valence electrons. The van der Waals surface area contributed by atoms with Crippen molar-refractivity contribution in [2.45, 2.75) is 12.8 Å². The van der Waals surface area contributed by atoms with E-state index in [0.717, 1.165) is 0 Å². The maximum atomic E-state index is 6.07. The molecule has 0 N–H and O–H groups in total. The van der Waals surface area contributed by atoms with Gasteiger partial charge in [0.1, 0.15) is 23.0 Å². The van der Waals surface area contributed by atoms with E-state index in [9.17, 15) is 0 Å². The quantitative estimate of drug-likeness (QED) is 0.295. The number of benzene rings is 2. The van der Waals surface area contributed by atoms with Gasteiger partial charge in [0.15, 0.2) is 0 Å². The Balaban J connectivity index is 1.80. The third-order valence-corrected chi connectivity index (χ3v) is 5.05. The monoisotopic (exact) mass is 514 g/mol. The lowest BCUT2D eigenvalue weighted by molar-refractivity contribution is 0.226. The van der Waals surface area contributed by atoms with Crippen molar-refractivity contribution < 1.29 is 14.2 Å². The fourth-order valence-corrected chi connectivity index (χ4v) is 3.37. The molecule has 2 aromatic rings. The van der Waals surface area contributed by atoms with Crippen molar-refractivity contribution in [2.75, 3.05) is 13.2 Å². The van der Waals surface area contributed by atoms with Crippen molar-refractivity contribution in [1.82, 2.24) is 0 Å². The Morgan fingerprint density at radius 3 is 1.45 bits per heavy atom. The van der Waals surface area contributed by atoms with Gasteiger partial charge in [0, 0.05) is 34.0 Å². The second-order valence-electron chi connectivity index (χ2n) is 5.60. The van der Waals surface area contributed by atoms with Crippen LogP contribution in [0.2, 0.25) is 20.1 Å². The SMILES string of the molecule is ClC=C(CCOc1ccc(Cl)cc1Cl)OC(=CCl)CCOc1ccc(Cl)cc1Cl. The first-order chi connectivity index (χ1) is 13.9. The molecule has 0 amide bonds. The van der Waals surface area contributed by atoms with E-state index in [-0.39, 0.29) is 0 Å². The average Bonchev–Trinajstić information content (AvgIpc) is 2.69. The highest BCUT2D eigenvalue weighted by atomic mass is 35.5. The minimum atomic E-state index is 0.298. The highest BCUT2D eigenvalue weighted by Gasteiger charge is 2.08. The van der Waals surface area contributed by atoms with Crippen LogP contribution in [0.5, 0.6) is 11.5 Å². The van der Waals surface area contributed by atoms with Crippen LogP contribution in [0.1, 0.15) is 12.8 Å². The summed E-state index contributed by atoms with van der Waals surface area (Å²) in [5, 5.41) is 1.92. The summed E-state index contributed by atoms with van der Waals surface area (Å²) in [5.74, 6) is 2.00. The molecule has 0 saturated heterocycles. The highest BCUT2D eigenvalue weighted by Crippen LogP contribution is 2.29. The standard InChI is InChI=1S/C20H16Cl6O3/c21-11-15(5-7-27-19-3-1-13(23)9-17(19)25)29-16(12-22)6-8-28-20-4-2-14(24)10-18(20)26/h1-4,9-12H,5-8H2. The van der Waals surface area contributed by atoms with Crippen LogP contribution in [0.15, 0.2) is 59.0 Å². The van der Waals surface area contributed by atoms with Gasteiger partial charge in [-0.2, -0.15) is 0 Å². The lowest BCUT2D eigenvalue weighted by Gasteiger charge is -2.14. The summed E-state index contributed by atoms with van der Waals surface area (Å²) in [6, 6.07) is 9.98. The normalized spacial score (nSPS) is 12.1. The summed E-state index contributed by atoms with van der Waals surface area (Å²) in [6.45, 7) is 0.596. The molecule has 0 aliphatic rings. The molecule has 29 heavy (non-hydrogen) atoms. The van der Waals surface area contributed by atoms with Gasteiger partial charge in [-0.25, -0.2) is 0 Å². The maximum Gasteiger partial charge on any atom is 0.138 e. The van der Waals surface area contributed by atoms with Crippen LogP contribution in [-0.2, 0) is 4.74 Å².